The van der Waals surface area contributed by atoms with E-state index in [4.69, 9.17) is 4.74 Å². The number of aromatic amines is 2. The molecule has 0 atom stereocenters. The minimum atomic E-state index is -0.0902. The highest BCUT2D eigenvalue weighted by atomic mass is 16.5. The Hall–Kier alpha value is -2.53. The van der Waals surface area contributed by atoms with Crippen molar-refractivity contribution >= 4 is 10.9 Å². The van der Waals surface area contributed by atoms with Crippen molar-refractivity contribution < 1.29 is 4.74 Å². The van der Waals surface area contributed by atoms with Gasteiger partial charge in [-0.2, -0.15) is 0 Å². The lowest BCUT2D eigenvalue weighted by Gasteiger charge is -2.25. The van der Waals surface area contributed by atoms with Crippen molar-refractivity contribution in [1.82, 2.24) is 14.9 Å². The molecular formula is C22H27N3O2. The van der Waals surface area contributed by atoms with E-state index in [2.05, 4.69) is 34.8 Å². The maximum atomic E-state index is 12.0. The summed E-state index contributed by atoms with van der Waals surface area (Å²) in [5, 5.41) is 1.05. The van der Waals surface area contributed by atoms with Crippen molar-refractivity contribution in [2.75, 3.05) is 26.2 Å². The van der Waals surface area contributed by atoms with Gasteiger partial charge in [0.25, 0.3) is 5.56 Å². The van der Waals surface area contributed by atoms with Crippen LogP contribution in [0.3, 0.4) is 0 Å². The molecule has 2 N–H and O–H groups in total. The Morgan fingerprint density at radius 2 is 1.96 bits per heavy atom. The summed E-state index contributed by atoms with van der Waals surface area (Å²) >= 11 is 0. The van der Waals surface area contributed by atoms with Gasteiger partial charge in [0.1, 0.15) is 5.75 Å². The van der Waals surface area contributed by atoms with E-state index in [0.717, 1.165) is 48.6 Å². The van der Waals surface area contributed by atoms with E-state index < -0.39 is 0 Å². The largest absolute Gasteiger partial charge is 0.493 e. The molecule has 142 valence electrons. The number of benzene rings is 1. The molecule has 4 rings (SSSR count). The maximum Gasteiger partial charge on any atom is 0.257 e. The van der Waals surface area contributed by atoms with Crippen molar-refractivity contribution in [3.63, 3.8) is 0 Å². The molecule has 0 aliphatic heterocycles. The number of H-pyrrole nitrogens is 2. The Morgan fingerprint density at radius 1 is 1.15 bits per heavy atom. The standard InChI is InChI=1S/C22H27N3O2/c1-3-25(4-2)14-22(9-10-22)15-27-17-7-8-19-16(12-17)13-20(24-19)18-6-5-11-23-21(18)26/h5-8,11-13,24H,3-4,9-10,14-15H2,1-2H3,(H,23,26). The lowest BCUT2D eigenvalue weighted by Crippen LogP contribution is -2.33. The molecule has 1 saturated carbocycles. The van der Waals surface area contributed by atoms with Crippen LogP contribution in [0, 0.1) is 5.41 Å². The number of hydrogen-bond donors (Lipinski definition) is 2. The minimum absolute atomic E-state index is 0.0902. The predicted molar refractivity (Wildman–Crippen MR) is 109 cm³/mol. The zero-order chi connectivity index (χ0) is 18.9. The third-order valence-electron chi connectivity index (χ3n) is 5.66. The van der Waals surface area contributed by atoms with Gasteiger partial charge in [0.05, 0.1) is 17.9 Å². The van der Waals surface area contributed by atoms with Gasteiger partial charge >= 0.3 is 0 Å². The molecule has 5 heteroatoms. The molecular weight excluding hydrogens is 338 g/mol. The summed E-state index contributed by atoms with van der Waals surface area (Å²) in [6, 6.07) is 11.8. The number of ether oxygens (including phenoxy) is 1. The fourth-order valence-corrected chi connectivity index (χ4v) is 3.66. The molecule has 2 aromatic heterocycles. The molecule has 5 nitrogen and oxygen atoms in total. The Morgan fingerprint density at radius 3 is 2.67 bits per heavy atom. The van der Waals surface area contributed by atoms with E-state index in [1.807, 2.05) is 30.3 Å². The van der Waals surface area contributed by atoms with Crippen LogP contribution in [0.15, 0.2) is 47.4 Å². The second-order valence-corrected chi connectivity index (χ2v) is 7.60. The van der Waals surface area contributed by atoms with Crippen LogP contribution in [-0.2, 0) is 0 Å². The van der Waals surface area contributed by atoms with Crippen molar-refractivity contribution in [1.29, 1.82) is 0 Å². The quantitative estimate of drug-likeness (QED) is 0.634. The van der Waals surface area contributed by atoms with E-state index in [0.29, 0.717) is 11.0 Å². The monoisotopic (exact) mass is 365 g/mol. The SMILES string of the molecule is CCN(CC)CC1(COc2ccc3[nH]c(-c4ccc[nH]c4=O)cc3c2)CC1. The number of aromatic nitrogens is 2. The van der Waals surface area contributed by atoms with E-state index in [1.54, 1.807) is 6.20 Å². The number of fused-ring (bicyclic) bond motifs is 1. The average molecular weight is 365 g/mol. The molecule has 1 aliphatic carbocycles. The first-order chi connectivity index (χ1) is 13.1. The van der Waals surface area contributed by atoms with E-state index in [9.17, 15) is 4.79 Å². The lowest BCUT2D eigenvalue weighted by atomic mass is 10.1. The van der Waals surface area contributed by atoms with Crippen LogP contribution in [0.4, 0.5) is 0 Å². The van der Waals surface area contributed by atoms with Gasteiger partial charge in [0, 0.05) is 29.1 Å². The smallest absolute Gasteiger partial charge is 0.257 e. The van der Waals surface area contributed by atoms with Crippen LogP contribution < -0.4 is 10.3 Å². The van der Waals surface area contributed by atoms with Gasteiger partial charge in [-0.1, -0.05) is 13.8 Å². The van der Waals surface area contributed by atoms with Crippen LogP contribution in [-0.4, -0.2) is 41.1 Å². The maximum absolute atomic E-state index is 12.0. The van der Waals surface area contributed by atoms with E-state index >= 15 is 0 Å². The summed E-state index contributed by atoms with van der Waals surface area (Å²) < 4.78 is 6.16. The fraction of sp³-hybridized carbons (Fsp3) is 0.409. The van der Waals surface area contributed by atoms with Gasteiger partial charge in [-0.15, -0.1) is 0 Å². The molecule has 1 aliphatic rings. The summed E-state index contributed by atoms with van der Waals surface area (Å²) in [6.07, 6.45) is 4.14. The molecule has 0 bridgehead atoms. The molecule has 0 spiro atoms. The Bertz CT molecular complexity index is 980. The summed E-state index contributed by atoms with van der Waals surface area (Å²) in [6.45, 7) is 8.51. The molecule has 3 aromatic rings. The zero-order valence-electron chi connectivity index (χ0n) is 16.0. The second-order valence-electron chi connectivity index (χ2n) is 7.60. The highest BCUT2D eigenvalue weighted by Crippen LogP contribution is 2.46. The predicted octanol–water partition coefficient (Wildman–Crippen LogP) is 4.02. The molecule has 0 saturated heterocycles. The molecule has 1 fully saturated rings. The fourth-order valence-electron chi connectivity index (χ4n) is 3.66. The lowest BCUT2D eigenvalue weighted by molar-refractivity contribution is 0.169. The van der Waals surface area contributed by atoms with Crippen molar-refractivity contribution in [2.24, 2.45) is 5.41 Å². The Kier molecular flexibility index (Phi) is 4.79. The highest BCUT2D eigenvalue weighted by molar-refractivity contribution is 5.86. The topological polar surface area (TPSA) is 61.1 Å². The molecule has 1 aromatic carbocycles. The molecule has 0 amide bonds. The summed E-state index contributed by atoms with van der Waals surface area (Å²) in [7, 11) is 0. The number of pyridine rings is 1. The third-order valence-corrected chi connectivity index (χ3v) is 5.66. The molecule has 2 heterocycles. The number of rotatable bonds is 8. The number of nitrogens with zero attached hydrogens (tertiary/aromatic N) is 1. The second kappa shape index (κ2) is 7.24. The van der Waals surface area contributed by atoms with Crippen LogP contribution >= 0.6 is 0 Å². The van der Waals surface area contributed by atoms with Crippen molar-refractivity contribution in [3.8, 4) is 17.0 Å². The number of nitrogens with one attached hydrogen (secondary N) is 2. The normalized spacial score (nSPS) is 15.4. The summed E-state index contributed by atoms with van der Waals surface area (Å²) in [5.41, 5.74) is 2.70. The first-order valence-electron chi connectivity index (χ1n) is 9.78. The zero-order valence-corrected chi connectivity index (χ0v) is 16.0. The van der Waals surface area contributed by atoms with Crippen LogP contribution in [0.25, 0.3) is 22.2 Å². The van der Waals surface area contributed by atoms with E-state index in [-0.39, 0.29) is 5.56 Å². The highest BCUT2D eigenvalue weighted by Gasteiger charge is 2.44. The van der Waals surface area contributed by atoms with Crippen LogP contribution in [0.1, 0.15) is 26.7 Å². The van der Waals surface area contributed by atoms with Crippen LogP contribution in [0.2, 0.25) is 0 Å². The third kappa shape index (κ3) is 3.78. The van der Waals surface area contributed by atoms with Gasteiger partial charge < -0.3 is 19.6 Å². The summed E-state index contributed by atoms with van der Waals surface area (Å²) in [5.74, 6) is 0.890. The van der Waals surface area contributed by atoms with Gasteiger partial charge in [0.2, 0.25) is 0 Å². The summed E-state index contributed by atoms with van der Waals surface area (Å²) in [4.78, 5) is 20.5. The molecule has 0 radical (unpaired) electrons. The van der Waals surface area contributed by atoms with Crippen molar-refractivity contribution in [2.45, 2.75) is 26.7 Å². The van der Waals surface area contributed by atoms with E-state index in [1.165, 1.54) is 12.8 Å². The molecule has 27 heavy (non-hydrogen) atoms. The van der Waals surface area contributed by atoms with Gasteiger partial charge in [-0.3, -0.25) is 4.79 Å². The van der Waals surface area contributed by atoms with Gasteiger partial charge in [0.15, 0.2) is 0 Å². The first-order valence-corrected chi connectivity index (χ1v) is 9.78. The molecule has 0 unspecified atom stereocenters. The Labute approximate surface area is 159 Å². The minimum Gasteiger partial charge on any atom is -0.493 e. The average Bonchev–Trinajstić information content (AvgIpc) is 3.33. The van der Waals surface area contributed by atoms with Gasteiger partial charge in [-0.05, 0) is 62.3 Å². The van der Waals surface area contributed by atoms with Crippen molar-refractivity contribution in [3.05, 3.63) is 52.9 Å². The first kappa shape index (κ1) is 17.9. The Balaban J connectivity index is 1.49. The van der Waals surface area contributed by atoms with Crippen LogP contribution in [0.5, 0.6) is 5.75 Å². The number of hydrogen-bond acceptors (Lipinski definition) is 3. The van der Waals surface area contributed by atoms with Gasteiger partial charge in [-0.25, -0.2) is 0 Å².